The molecule has 5 heteroatoms. The molecule has 0 saturated heterocycles. The molecule has 5 nitrogen and oxygen atoms in total. The zero-order chi connectivity index (χ0) is 14.5. The Balaban J connectivity index is 0.000000399. The van der Waals surface area contributed by atoms with E-state index in [0.717, 1.165) is 11.8 Å². The van der Waals surface area contributed by atoms with Crippen molar-refractivity contribution >= 4 is 17.7 Å². The van der Waals surface area contributed by atoms with Crippen LogP contribution in [0.2, 0.25) is 0 Å². The van der Waals surface area contributed by atoms with Gasteiger partial charge in [-0.25, -0.2) is 9.59 Å². The molecule has 1 amide bonds. The van der Waals surface area contributed by atoms with Crippen LogP contribution < -0.4 is 5.32 Å². The highest BCUT2D eigenvalue weighted by Gasteiger charge is 1.98. The number of ether oxygens (including phenoxy) is 2. The Bertz CT molecular complexity index is 390. The zero-order valence-electron chi connectivity index (χ0n) is 11.2. The Hall–Kier alpha value is -2.30. The van der Waals surface area contributed by atoms with Crippen molar-refractivity contribution in [3.8, 4) is 0 Å². The van der Waals surface area contributed by atoms with Gasteiger partial charge < -0.3 is 9.47 Å². The first-order chi connectivity index (χ1) is 9.13. The van der Waals surface area contributed by atoms with Crippen LogP contribution in [0.4, 0.5) is 10.5 Å². The number of hydrogen-bond acceptors (Lipinski definition) is 4. The first kappa shape index (κ1) is 16.7. The van der Waals surface area contributed by atoms with Crippen molar-refractivity contribution in [2.75, 3.05) is 18.5 Å². The van der Waals surface area contributed by atoms with Gasteiger partial charge in [-0.2, -0.15) is 0 Å². The normalized spacial score (nSPS) is 8.53. The summed E-state index contributed by atoms with van der Waals surface area (Å²) in [5, 5.41) is 2.58. The van der Waals surface area contributed by atoms with Crippen molar-refractivity contribution in [3.63, 3.8) is 0 Å². The van der Waals surface area contributed by atoms with Gasteiger partial charge in [-0.1, -0.05) is 24.8 Å². The number of carbonyl (C=O) groups is 2. The Morgan fingerprint density at radius 2 is 1.74 bits per heavy atom. The molecule has 0 aliphatic heterocycles. The minimum absolute atomic E-state index is 0.359. The highest BCUT2D eigenvalue weighted by atomic mass is 16.5. The van der Waals surface area contributed by atoms with E-state index in [1.807, 2.05) is 18.2 Å². The summed E-state index contributed by atoms with van der Waals surface area (Å²) in [7, 11) is 0. The summed E-state index contributed by atoms with van der Waals surface area (Å²) < 4.78 is 9.13. The van der Waals surface area contributed by atoms with Gasteiger partial charge in [0.15, 0.2) is 0 Å². The van der Waals surface area contributed by atoms with Crippen molar-refractivity contribution in [1.82, 2.24) is 0 Å². The van der Waals surface area contributed by atoms with Crippen LogP contribution in [0.25, 0.3) is 0 Å². The summed E-state index contributed by atoms with van der Waals surface area (Å²) >= 11 is 0. The fourth-order valence-corrected chi connectivity index (χ4v) is 1.01. The van der Waals surface area contributed by atoms with Gasteiger partial charge in [0, 0.05) is 11.8 Å². The van der Waals surface area contributed by atoms with E-state index in [2.05, 4.69) is 16.6 Å². The van der Waals surface area contributed by atoms with Crippen molar-refractivity contribution in [2.24, 2.45) is 0 Å². The van der Waals surface area contributed by atoms with Gasteiger partial charge in [0.25, 0.3) is 0 Å². The molecule has 0 unspecified atom stereocenters. The predicted molar refractivity (Wildman–Crippen MR) is 73.9 cm³/mol. The summed E-state index contributed by atoms with van der Waals surface area (Å²) in [6.07, 6.45) is 0.729. The molecule has 0 radical (unpaired) electrons. The van der Waals surface area contributed by atoms with Crippen LogP contribution in [0.5, 0.6) is 0 Å². The standard InChI is InChI=1S/C9H11NO2.C5H8O2/c1-2-12-9(11)10-8-6-4-3-5-7-8;1-3-5(6)7-4-2/h3-7H,2H2,1H3,(H,10,11);3H,1,4H2,2H3. The molecule has 19 heavy (non-hydrogen) atoms. The molecule has 0 aromatic heterocycles. The van der Waals surface area contributed by atoms with Gasteiger partial charge in [0.1, 0.15) is 0 Å². The molecule has 0 heterocycles. The number of para-hydroxylation sites is 1. The van der Waals surface area contributed by atoms with E-state index >= 15 is 0 Å². The lowest BCUT2D eigenvalue weighted by Crippen LogP contribution is -2.12. The number of amides is 1. The molecule has 0 spiro atoms. The van der Waals surface area contributed by atoms with Crippen LogP contribution in [0.1, 0.15) is 13.8 Å². The number of esters is 1. The summed E-state index contributed by atoms with van der Waals surface area (Å²) in [5.74, 6) is -0.359. The average molecular weight is 265 g/mol. The number of anilines is 1. The second-order valence-corrected chi connectivity index (χ2v) is 3.17. The Kier molecular flexibility index (Phi) is 9.52. The predicted octanol–water partition coefficient (Wildman–Crippen LogP) is 2.99. The van der Waals surface area contributed by atoms with E-state index in [-0.39, 0.29) is 5.97 Å². The van der Waals surface area contributed by atoms with Crippen LogP contribution in [0.3, 0.4) is 0 Å². The molecule has 0 bridgehead atoms. The molecule has 1 aromatic carbocycles. The fourth-order valence-electron chi connectivity index (χ4n) is 1.01. The molecule has 104 valence electrons. The van der Waals surface area contributed by atoms with Crippen LogP contribution in [-0.2, 0) is 14.3 Å². The Morgan fingerprint density at radius 1 is 1.16 bits per heavy atom. The molecule has 0 aliphatic carbocycles. The first-order valence-corrected chi connectivity index (χ1v) is 5.92. The monoisotopic (exact) mass is 265 g/mol. The summed E-state index contributed by atoms with van der Waals surface area (Å²) in [6, 6.07) is 9.19. The van der Waals surface area contributed by atoms with E-state index in [1.54, 1.807) is 26.0 Å². The smallest absolute Gasteiger partial charge is 0.411 e. The molecular weight excluding hydrogens is 246 g/mol. The van der Waals surface area contributed by atoms with E-state index in [4.69, 9.17) is 4.74 Å². The maximum Gasteiger partial charge on any atom is 0.411 e. The molecule has 0 aliphatic rings. The maximum absolute atomic E-state index is 10.9. The highest BCUT2D eigenvalue weighted by molar-refractivity contribution is 5.84. The number of nitrogens with one attached hydrogen (secondary N) is 1. The maximum atomic E-state index is 10.9. The number of rotatable bonds is 4. The van der Waals surface area contributed by atoms with E-state index in [1.165, 1.54) is 0 Å². The Morgan fingerprint density at radius 3 is 2.16 bits per heavy atom. The van der Waals surface area contributed by atoms with Crippen LogP contribution >= 0.6 is 0 Å². The SMILES string of the molecule is C=CC(=O)OCC.CCOC(=O)Nc1ccccc1. The third-order valence-corrected chi connectivity index (χ3v) is 1.75. The lowest BCUT2D eigenvalue weighted by molar-refractivity contribution is -0.137. The lowest BCUT2D eigenvalue weighted by Gasteiger charge is -2.03. The summed E-state index contributed by atoms with van der Waals surface area (Å²) in [4.78, 5) is 21.0. The average Bonchev–Trinajstić information content (AvgIpc) is 2.41. The minimum Gasteiger partial charge on any atom is -0.463 e. The second kappa shape index (κ2) is 10.8. The van der Waals surface area contributed by atoms with Crippen molar-refractivity contribution < 1.29 is 19.1 Å². The topological polar surface area (TPSA) is 64.6 Å². The van der Waals surface area contributed by atoms with Crippen LogP contribution in [0.15, 0.2) is 43.0 Å². The molecule has 1 rings (SSSR count). The van der Waals surface area contributed by atoms with Gasteiger partial charge in [-0.3, -0.25) is 5.32 Å². The van der Waals surface area contributed by atoms with Crippen molar-refractivity contribution in [3.05, 3.63) is 43.0 Å². The fraction of sp³-hybridized carbons (Fsp3) is 0.286. The number of carbonyl (C=O) groups excluding carboxylic acids is 2. The quantitative estimate of drug-likeness (QED) is 0.671. The molecule has 0 atom stereocenters. The van der Waals surface area contributed by atoms with Gasteiger partial charge in [0.05, 0.1) is 13.2 Å². The number of benzene rings is 1. The highest BCUT2D eigenvalue weighted by Crippen LogP contribution is 2.04. The van der Waals surface area contributed by atoms with E-state index < -0.39 is 6.09 Å². The lowest BCUT2D eigenvalue weighted by atomic mass is 10.3. The van der Waals surface area contributed by atoms with E-state index in [9.17, 15) is 9.59 Å². The molecular formula is C14H19NO4. The number of hydrogen-bond donors (Lipinski definition) is 1. The summed E-state index contributed by atoms with van der Waals surface area (Å²) in [6.45, 7) is 7.53. The molecule has 0 fully saturated rings. The first-order valence-electron chi connectivity index (χ1n) is 5.92. The summed E-state index contributed by atoms with van der Waals surface area (Å²) in [5.41, 5.74) is 0.746. The van der Waals surface area contributed by atoms with Crippen molar-refractivity contribution in [2.45, 2.75) is 13.8 Å². The van der Waals surface area contributed by atoms with Gasteiger partial charge in [-0.05, 0) is 26.0 Å². The molecule has 1 N–H and O–H groups in total. The molecule has 1 aromatic rings. The van der Waals surface area contributed by atoms with Crippen LogP contribution in [0, 0.1) is 0 Å². The Labute approximate surface area is 113 Å². The van der Waals surface area contributed by atoms with E-state index in [0.29, 0.717) is 13.2 Å². The third kappa shape index (κ3) is 9.41. The largest absolute Gasteiger partial charge is 0.463 e. The van der Waals surface area contributed by atoms with Crippen molar-refractivity contribution in [1.29, 1.82) is 0 Å². The minimum atomic E-state index is -0.413. The van der Waals surface area contributed by atoms with Gasteiger partial charge in [0.2, 0.25) is 0 Å². The van der Waals surface area contributed by atoms with Crippen LogP contribution in [-0.4, -0.2) is 25.3 Å². The third-order valence-electron chi connectivity index (χ3n) is 1.75. The second-order valence-electron chi connectivity index (χ2n) is 3.17. The molecule has 0 saturated carbocycles. The zero-order valence-corrected chi connectivity index (χ0v) is 11.2. The van der Waals surface area contributed by atoms with Gasteiger partial charge in [-0.15, -0.1) is 0 Å². The van der Waals surface area contributed by atoms with Gasteiger partial charge >= 0.3 is 12.1 Å².